The third-order valence-electron chi connectivity index (χ3n) is 0.713. The number of hydrogen-bond donors (Lipinski definition) is 2. The van der Waals surface area contributed by atoms with Crippen molar-refractivity contribution < 1.29 is 37.8 Å². The maximum atomic E-state index is 8.34. The molecule has 0 aliphatic rings. The normalized spacial score (nSPS) is 12.4. The SMILES string of the molecule is [CH2-]C(CO)NCC.[Y]. The van der Waals surface area contributed by atoms with E-state index in [0.29, 0.717) is 0 Å². The van der Waals surface area contributed by atoms with E-state index >= 15 is 0 Å². The average molecular weight is 191 g/mol. The predicted octanol–water partition coefficient (Wildman–Crippen LogP) is -0.212. The molecule has 0 rings (SSSR count). The number of aliphatic hydroxyl groups excluding tert-OH is 1. The van der Waals surface area contributed by atoms with Crippen molar-refractivity contribution in [3.05, 3.63) is 6.92 Å². The van der Waals surface area contributed by atoms with Gasteiger partial charge in [0.15, 0.2) is 0 Å². The van der Waals surface area contributed by atoms with Crippen LogP contribution in [0.4, 0.5) is 0 Å². The number of hydrogen-bond acceptors (Lipinski definition) is 2. The van der Waals surface area contributed by atoms with Gasteiger partial charge in [-0.05, 0) is 6.54 Å². The first-order valence-corrected chi connectivity index (χ1v) is 2.48. The van der Waals surface area contributed by atoms with E-state index in [0.717, 1.165) is 6.54 Å². The van der Waals surface area contributed by atoms with E-state index in [1.54, 1.807) is 0 Å². The Balaban J connectivity index is 0. The maximum absolute atomic E-state index is 8.34. The smallest absolute Gasteiger partial charge is 0.0305 e. The molecule has 0 aromatic rings. The van der Waals surface area contributed by atoms with E-state index in [1.807, 2.05) is 6.92 Å². The van der Waals surface area contributed by atoms with Crippen LogP contribution in [-0.2, 0) is 32.7 Å². The zero-order valence-electron chi connectivity index (χ0n) is 5.22. The molecule has 0 aromatic carbocycles. The van der Waals surface area contributed by atoms with Crippen LogP contribution in [0.25, 0.3) is 0 Å². The van der Waals surface area contributed by atoms with Gasteiger partial charge in [-0.1, -0.05) is 13.0 Å². The molecule has 0 bridgehead atoms. The summed E-state index contributed by atoms with van der Waals surface area (Å²) in [6, 6.07) is 0.00463. The first-order valence-electron chi connectivity index (χ1n) is 2.48. The minimum Gasteiger partial charge on any atom is -0.398 e. The molecule has 47 valence electrons. The molecule has 2 nitrogen and oxygen atoms in total. The number of aliphatic hydroxyl groups is 1. The third-order valence-corrected chi connectivity index (χ3v) is 0.713. The number of likely N-dealkylation sites (N-methyl/N-ethyl adjacent to an activating group) is 1. The maximum Gasteiger partial charge on any atom is 0.0305 e. The van der Waals surface area contributed by atoms with Crippen LogP contribution in [0.5, 0.6) is 0 Å². The Kier molecular flexibility index (Phi) is 11.8. The van der Waals surface area contributed by atoms with E-state index in [9.17, 15) is 0 Å². The van der Waals surface area contributed by atoms with Crippen LogP contribution in [0.15, 0.2) is 0 Å². The zero-order chi connectivity index (χ0) is 5.70. The van der Waals surface area contributed by atoms with E-state index in [-0.39, 0.29) is 45.4 Å². The van der Waals surface area contributed by atoms with Gasteiger partial charge in [-0.2, -0.15) is 0 Å². The second-order valence-corrected chi connectivity index (χ2v) is 1.44. The molecule has 0 aromatic heterocycles. The summed E-state index contributed by atoms with van der Waals surface area (Å²) in [5.41, 5.74) is 0. The second-order valence-electron chi connectivity index (χ2n) is 1.44. The van der Waals surface area contributed by atoms with Crippen molar-refractivity contribution in [2.24, 2.45) is 0 Å². The first kappa shape index (κ1) is 11.8. The topological polar surface area (TPSA) is 32.3 Å². The minimum absolute atomic E-state index is 0. The van der Waals surface area contributed by atoms with Gasteiger partial charge in [0.25, 0.3) is 0 Å². The molecule has 3 heteroatoms. The molecule has 1 radical (unpaired) electrons. The molecule has 1 unspecified atom stereocenters. The van der Waals surface area contributed by atoms with E-state index < -0.39 is 0 Å². The summed E-state index contributed by atoms with van der Waals surface area (Å²) in [6.45, 7) is 6.55. The molecule has 8 heavy (non-hydrogen) atoms. The van der Waals surface area contributed by atoms with Gasteiger partial charge in [0.1, 0.15) is 0 Å². The van der Waals surface area contributed by atoms with Crippen molar-refractivity contribution in [2.75, 3.05) is 13.2 Å². The number of nitrogens with one attached hydrogen (secondary N) is 1. The zero-order valence-corrected chi connectivity index (χ0v) is 8.06. The summed E-state index contributed by atoms with van der Waals surface area (Å²) < 4.78 is 0. The second kappa shape index (κ2) is 8.02. The van der Waals surface area contributed by atoms with Crippen LogP contribution in [0.1, 0.15) is 6.92 Å². The van der Waals surface area contributed by atoms with Crippen molar-refractivity contribution in [3.8, 4) is 0 Å². The summed E-state index contributed by atoms with van der Waals surface area (Å²) in [6.07, 6.45) is 0. The molecule has 1 atom stereocenters. The summed E-state index contributed by atoms with van der Waals surface area (Å²) in [5.74, 6) is 0. The predicted molar refractivity (Wildman–Crippen MR) is 29.9 cm³/mol. The quantitative estimate of drug-likeness (QED) is 0.605. The van der Waals surface area contributed by atoms with Gasteiger partial charge in [0.2, 0.25) is 0 Å². The van der Waals surface area contributed by atoms with Gasteiger partial charge >= 0.3 is 0 Å². The summed E-state index contributed by atoms with van der Waals surface area (Å²) in [7, 11) is 0. The standard InChI is InChI=1S/C5H12NO.Y/c1-3-6-5(2)4-7;/h5-7H,2-4H2,1H3;/q-1;. The average Bonchev–Trinajstić information content (AvgIpc) is 1.68. The monoisotopic (exact) mass is 191 g/mol. The fraction of sp³-hybridized carbons (Fsp3) is 0.800. The Morgan fingerprint density at radius 2 is 2.25 bits per heavy atom. The molecule has 0 spiro atoms. The van der Waals surface area contributed by atoms with Crippen molar-refractivity contribution in [3.63, 3.8) is 0 Å². The molecule has 0 aliphatic heterocycles. The van der Waals surface area contributed by atoms with Gasteiger partial charge in [-0.3, -0.25) is 0 Å². The van der Waals surface area contributed by atoms with Crippen molar-refractivity contribution in [1.82, 2.24) is 5.32 Å². The first-order chi connectivity index (χ1) is 3.31. The van der Waals surface area contributed by atoms with Crippen LogP contribution in [0.2, 0.25) is 0 Å². The Bertz CT molecular complexity index is 43.4. The van der Waals surface area contributed by atoms with E-state index in [4.69, 9.17) is 5.11 Å². The van der Waals surface area contributed by atoms with Crippen molar-refractivity contribution in [1.29, 1.82) is 0 Å². The van der Waals surface area contributed by atoms with Gasteiger partial charge in [-0.25, -0.2) is 0 Å². The molecular weight excluding hydrogens is 179 g/mol. The van der Waals surface area contributed by atoms with Crippen LogP contribution in [-0.4, -0.2) is 24.3 Å². The van der Waals surface area contributed by atoms with Gasteiger partial charge in [0.05, 0.1) is 0 Å². The number of rotatable bonds is 3. The molecule has 0 saturated heterocycles. The fourth-order valence-electron chi connectivity index (χ4n) is 0.353. The molecule has 0 fully saturated rings. The van der Waals surface area contributed by atoms with Crippen LogP contribution < -0.4 is 5.32 Å². The van der Waals surface area contributed by atoms with Gasteiger partial charge in [0, 0.05) is 39.3 Å². The molecule has 0 saturated carbocycles. The van der Waals surface area contributed by atoms with Gasteiger partial charge < -0.3 is 17.3 Å². The molecule has 0 heterocycles. The Labute approximate surface area is 75.9 Å². The van der Waals surface area contributed by atoms with Crippen LogP contribution >= 0.6 is 0 Å². The van der Waals surface area contributed by atoms with E-state index in [2.05, 4.69) is 12.2 Å². The molecule has 2 N–H and O–H groups in total. The molecule has 0 amide bonds. The van der Waals surface area contributed by atoms with Crippen molar-refractivity contribution >= 4 is 0 Å². The summed E-state index contributed by atoms with van der Waals surface area (Å²) >= 11 is 0. The Morgan fingerprint density at radius 1 is 1.75 bits per heavy atom. The van der Waals surface area contributed by atoms with Gasteiger partial charge in [-0.15, -0.1) is 0 Å². The molecular formula is C5H12NOY-. The summed E-state index contributed by atoms with van der Waals surface area (Å²) in [5, 5.41) is 11.3. The van der Waals surface area contributed by atoms with Crippen LogP contribution in [0, 0.1) is 6.92 Å². The molecule has 0 aliphatic carbocycles. The largest absolute Gasteiger partial charge is 0.398 e. The van der Waals surface area contributed by atoms with Crippen molar-refractivity contribution in [2.45, 2.75) is 13.0 Å². The van der Waals surface area contributed by atoms with Crippen LogP contribution in [0.3, 0.4) is 0 Å². The Hall–Kier alpha value is 1.02. The summed E-state index contributed by atoms with van der Waals surface area (Å²) in [4.78, 5) is 0. The minimum atomic E-state index is 0. The third kappa shape index (κ3) is 7.02. The van der Waals surface area contributed by atoms with E-state index in [1.165, 1.54) is 0 Å². The fourth-order valence-corrected chi connectivity index (χ4v) is 0.353. The Morgan fingerprint density at radius 3 is 2.38 bits per heavy atom.